The van der Waals surface area contributed by atoms with Gasteiger partial charge in [-0.15, -0.1) is 0 Å². The van der Waals surface area contributed by atoms with Crippen LogP contribution in [0.4, 0.5) is 0 Å². The van der Waals surface area contributed by atoms with Crippen molar-refractivity contribution >= 4 is 7.82 Å². The summed E-state index contributed by atoms with van der Waals surface area (Å²) in [4.78, 5) is 25.6. The first-order valence-electron chi connectivity index (χ1n) is 0.730. The minimum atomic E-state index is -5.39. The van der Waals surface area contributed by atoms with E-state index in [0.29, 0.717) is 0 Å². The Kier molecular flexibility index (Phi) is 10.6. The molecule has 0 bridgehead atoms. The minimum absolute atomic E-state index is 0. The maximum Gasteiger partial charge on any atom is 3.00 e. The van der Waals surface area contributed by atoms with Crippen LogP contribution in [0.15, 0.2) is 0 Å². The quantitative estimate of drug-likeness (QED) is 0.274. The van der Waals surface area contributed by atoms with E-state index in [9.17, 15) is 0 Å². The molecule has 0 heterocycles. The Morgan fingerprint density at radius 3 is 1.14 bits per heavy atom. The third-order valence-electron chi connectivity index (χ3n) is 0. The zero-order chi connectivity index (χ0) is 4.50. The molecular formula is H2FeO5P. The van der Waals surface area contributed by atoms with Crippen molar-refractivity contribution in [1.82, 2.24) is 0 Å². The SMILES string of the molecule is O.O=P([O-])([O-])[O-].[Fe+3]. The second kappa shape index (κ2) is 4.74. The fourth-order valence-corrected chi connectivity index (χ4v) is 0. The molecule has 7 heteroatoms. The second-order valence-corrected chi connectivity index (χ2v) is 1.34. The van der Waals surface area contributed by atoms with E-state index in [1.54, 1.807) is 0 Å². The molecule has 1 radical (unpaired) electrons. The summed E-state index contributed by atoms with van der Waals surface area (Å²) in [6.07, 6.45) is 0. The van der Waals surface area contributed by atoms with Crippen LogP contribution in [0.2, 0.25) is 0 Å². The van der Waals surface area contributed by atoms with E-state index >= 15 is 0 Å². The summed E-state index contributed by atoms with van der Waals surface area (Å²) < 4.78 is 8.55. The Bertz CT molecular complexity index is 54.2. The summed E-state index contributed by atoms with van der Waals surface area (Å²) in [6, 6.07) is 0. The van der Waals surface area contributed by atoms with Crippen molar-refractivity contribution in [3.05, 3.63) is 0 Å². The first kappa shape index (κ1) is 15.6. The molecule has 0 aromatic rings. The molecule has 0 aliphatic heterocycles. The predicted molar refractivity (Wildman–Crippen MR) is 11.2 cm³/mol. The van der Waals surface area contributed by atoms with Gasteiger partial charge in [-0.2, -0.15) is 7.82 Å². The van der Waals surface area contributed by atoms with E-state index in [1.807, 2.05) is 0 Å². The second-order valence-electron chi connectivity index (χ2n) is 0.447. The zero-order valence-corrected chi connectivity index (χ0v) is 4.93. The molecule has 45 valence electrons. The Balaban J connectivity index is -0.0000000800. The summed E-state index contributed by atoms with van der Waals surface area (Å²) >= 11 is 0. The molecule has 2 N–H and O–H groups in total. The Morgan fingerprint density at radius 2 is 1.14 bits per heavy atom. The molecule has 0 atom stereocenters. The summed E-state index contributed by atoms with van der Waals surface area (Å²) in [5.41, 5.74) is 0. The average Bonchev–Trinajstić information content (AvgIpc) is 0.722. The van der Waals surface area contributed by atoms with Crippen molar-refractivity contribution in [2.75, 3.05) is 0 Å². The first-order valence-corrected chi connectivity index (χ1v) is 2.19. The van der Waals surface area contributed by atoms with Crippen LogP contribution in [0, 0.1) is 0 Å². The average molecular weight is 169 g/mol. The first-order chi connectivity index (χ1) is 2.00. The summed E-state index contributed by atoms with van der Waals surface area (Å²) in [5, 5.41) is 0. The number of hydrogen-bond donors (Lipinski definition) is 0. The van der Waals surface area contributed by atoms with E-state index in [1.165, 1.54) is 0 Å². The zero-order valence-electron chi connectivity index (χ0n) is 2.93. The maximum atomic E-state index is 8.55. The fraction of sp³-hybridized carbons (Fsp3) is 0. The van der Waals surface area contributed by atoms with Crippen LogP contribution in [0.3, 0.4) is 0 Å². The van der Waals surface area contributed by atoms with Crippen LogP contribution in [-0.2, 0) is 21.6 Å². The largest absolute Gasteiger partial charge is 3.00 e. The molecule has 0 aromatic heterocycles. The molecule has 0 fully saturated rings. The standard InChI is InChI=1S/Fe.H3O4P.H2O/c;1-5(2,3)4;/h;(H3,1,2,3,4);1H2/q+3;;/p-3. The van der Waals surface area contributed by atoms with Gasteiger partial charge in [0.2, 0.25) is 0 Å². The molecule has 0 aliphatic carbocycles. The summed E-state index contributed by atoms with van der Waals surface area (Å²) in [5.74, 6) is 0. The van der Waals surface area contributed by atoms with Gasteiger partial charge in [0.1, 0.15) is 0 Å². The van der Waals surface area contributed by atoms with Crippen LogP contribution >= 0.6 is 7.82 Å². The van der Waals surface area contributed by atoms with E-state index in [-0.39, 0.29) is 22.5 Å². The Morgan fingerprint density at radius 1 is 1.14 bits per heavy atom. The van der Waals surface area contributed by atoms with Gasteiger partial charge < -0.3 is 24.7 Å². The van der Waals surface area contributed by atoms with Crippen LogP contribution in [0.5, 0.6) is 0 Å². The van der Waals surface area contributed by atoms with Crippen molar-refractivity contribution < 1.29 is 41.8 Å². The summed E-state index contributed by atoms with van der Waals surface area (Å²) in [6.45, 7) is 0. The molecule has 0 spiro atoms. The van der Waals surface area contributed by atoms with Gasteiger partial charge in [0, 0.05) is 0 Å². The van der Waals surface area contributed by atoms with Gasteiger partial charge >= 0.3 is 17.1 Å². The van der Waals surface area contributed by atoms with E-state index in [2.05, 4.69) is 0 Å². The van der Waals surface area contributed by atoms with Crippen LogP contribution in [0.1, 0.15) is 0 Å². The summed E-state index contributed by atoms with van der Waals surface area (Å²) in [7, 11) is -5.39. The third-order valence-corrected chi connectivity index (χ3v) is 0. The van der Waals surface area contributed by atoms with Gasteiger partial charge in [0.25, 0.3) is 0 Å². The molecule has 0 unspecified atom stereocenters. The molecule has 0 saturated heterocycles. The molecule has 0 rings (SSSR count). The Labute approximate surface area is 50.4 Å². The monoisotopic (exact) mass is 169 g/mol. The van der Waals surface area contributed by atoms with E-state index in [4.69, 9.17) is 19.2 Å². The van der Waals surface area contributed by atoms with Crippen molar-refractivity contribution in [3.63, 3.8) is 0 Å². The molecule has 0 saturated carbocycles. The predicted octanol–water partition coefficient (Wildman–Crippen LogP) is -3.65. The van der Waals surface area contributed by atoms with Gasteiger partial charge in [0.15, 0.2) is 0 Å². The van der Waals surface area contributed by atoms with Crippen LogP contribution in [-0.4, -0.2) is 5.48 Å². The smallest absolute Gasteiger partial charge is 0.822 e. The van der Waals surface area contributed by atoms with E-state index in [0.717, 1.165) is 0 Å². The number of phosphoric acid groups is 1. The van der Waals surface area contributed by atoms with Crippen LogP contribution < -0.4 is 14.7 Å². The molecule has 0 amide bonds. The number of hydrogen-bond acceptors (Lipinski definition) is 4. The Hall–Kier alpha value is 0.589. The van der Waals surface area contributed by atoms with Crippen molar-refractivity contribution in [1.29, 1.82) is 0 Å². The van der Waals surface area contributed by atoms with Crippen molar-refractivity contribution in [3.8, 4) is 0 Å². The molecule has 0 aromatic carbocycles. The van der Waals surface area contributed by atoms with Crippen molar-refractivity contribution in [2.24, 2.45) is 0 Å². The third kappa shape index (κ3) is 399. The van der Waals surface area contributed by atoms with Gasteiger partial charge in [-0.1, -0.05) is 0 Å². The van der Waals surface area contributed by atoms with Gasteiger partial charge in [0.05, 0.1) is 0 Å². The van der Waals surface area contributed by atoms with Crippen LogP contribution in [0.25, 0.3) is 0 Å². The number of rotatable bonds is 0. The molecule has 7 heavy (non-hydrogen) atoms. The minimum Gasteiger partial charge on any atom is -0.822 e. The molecular weight excluding hydrogens is 167 g/mol. The van der Waals surface area contributed by atoms with Gasteiger partial charge in [-0.05, 0) is 0 Å². The maximum absolute atomic E-state index is 8.55. The van der Waals surface area contributed by atoms with Gasteiger partial charge in [-0.3, -0.25) is 0 Å². The normalized spacial score (nSPS) is 8.43. The molecule has 0 aliphatic rings. The molecule has 5 nitrogen and oxygen atoms in total. The fourth-order valence-electron chi connectivity index (χ4n) is 0. The van der Waals surface area contributed by atoms with Crippen molar-refractivity contribution in [2.45, 2.75) is 0 Å². The van der Waals surface area contributed by atoms with Gasteiger partial charge in [-0.25, -0.2) is 0 Å². The topological polar surface area (TPSA) is 118 Å². The van der Waals surface area contributed by atoms with E-state index < -0.39 is 7.82 Å².